The van der Waals surface area contributed by atoms with Crippen LogP contribution in [0.2, 0.25) is 0 Å². The molecule has 0 unspecified atom stereocenters. The van der Waals surface area contributed by atoms with Crippen molar-refractivity contribution in [3.05, 3.63) is 29.3 Å². The largest absolute Gasteiger partial charge is 0.355 e. The minimum atomic E-state index is 0.249. The van der Waals surface area contributed by atoms with Crippen molar-refractivity contribution in [2.75, 3.05) is 24.5 Å². The van der Waals surface area contributed by atoms with Crippen LogP contribution in [0.25, 0.3) is 0 Å². The van der Waals surface area contributed by atoms with Crippen molar-refractivity contribution in [1.82, 2.24) is 10.2 Å². The Labute approximate surface area is 138 Å². The molecule has 0 amide bonds. The number of rotatable bonds is 5. The average molecular weight is 337 g/mol. The Bertz CT molecular complexity index is 627. The Morgan fingerprint density at radius 2 is 2.27 bits per heavy atom. The van der Waals surface area contributed by atoms with Crippen molar-refractivity contribution in [3.63, 3.8) is 0 Å². The molecule has 3 rings (SSSR count). The Hall–Kier alpha value is -1.15. The first-order valence-electron chi connectivity index (χ1n) is 7.20. The van der Waals surface area contributed by atoms with E-state index >= 15 is 0 Å². The molecule has 1 atom stereocenters. The van der Waals surface area contributed by atoms with Gasteiger partial charge in [0.15, 0.2) is 4.34 Å². The molecule has 1 saturated heterocycles. The molecule has 1 N–H and O–H groups in total. The van der Waals surface area contributed by atoms with Crippen LogP contribution >= 0.6 is 23.1 Å². The second kappa shape index (κ2) is 7.41. The number of aryl methyl sites for hydroxylation is 2. The lowest BCUT2D eigenvalue weighted by Gasteiger charge is -2.21. The molecule has 2 aromatic rings. The molecule has 5 nitrogen and oxygen atoms in total. The summed E-state index contributed by atoms with van der Waals surface area (Å²) in [6.45, 7) is 5.37. The molecule has 118 valence electrons. The highest BCUT2D eigenvalue weighted by Gasteiger charge is 2.16. The topological polar surface area (TPSA) is 56.3 Å². The normalized spacial score (nSPS) is 18.4. The predicted octanol–water partition coefficient (Wildman–Crippen LogP) is 3.75. The van der Waals surface area contributed by atoms with E-state index in [1.54, 1.807) is 23.1 Å². The van der Waals surface area contributed by atoms with E-state index in [0.717, 1.165) is 33.9 Å². The number of thioether (sulfide) groups is 1. The van der Waals surface area contributed by atoms with Crippen molar-refractivity contribution in [2.45, 2.75) is 30.7 Å². The number of hydrogen-bond acceptors (Lipinski definition) is 7. The van der Waals surface area contributed by atoms with Crippen LogP contribution in [0.15, 0.2) is 22.5 Å². The highest BCUT2D eigenvalue weighted by atomic mass is 32.2. The van der Waals surface area contributed by atoms with Crippen molar-refractivity contribution < 1.29 is 9.47 Å². The maximum atomic E-state index is 5.53. The van der Waals surface area contributed by atoms with Crippen molar-refractivity contribution in [1.29, 1.82) is 0 Å². The fraction of sp³-hybridized carbons (Fsp3) is 0.467. The van der Waals surface area contributed by atoms with Gasteiger partial charge in [-0.3, -0.25) is 0 Å². The molecular formula is C15H19N3O2S2. The van der Waals surface area contributed by atoms with Crippen molar-refractivity contribution >= 4 is 33.9 Å². The van der Waals surface area contributed by atoms with Crippen LogP contribution in [-0.4, -0.2) is 35.5 Å². The highest BCUT2D eigenvalue weighted by molar-refractivity contribution is 8.01. The van der Waals surface area contributed by atoms with E-state index in [0.29, 0.717) is 6.79 Å². The molecule has 0 spiro atoms. The quantitative estimate of drug-likeness (QED) is 0.839. The maximum absolute atomic E-state index is 5.53. The first kappa shape index (κ1) is 15.7. The molecule has 0 bridgehead atoms. The number of nitrogens with zero attached hydrogens (tertiary/aromatic N) is 2. The summed E-state index contributed by atoms with van der Waals surface area (Å²) in [4.78, 5) is 0. The van der Waals surface area contributed by atoms with Gasteiger partial charge in [-0.15, -0.1) is 10.2 Å². The van der Waals surface area contributed by atoms with Crippen LogP contribution in [0.4, 0.5) is 10.8 Å². The number of hydrogen-bond donors (Lipinski definition) is 1. The lowest BCUT2D eigenvalue weighted by molar-refractivity contribution is -0.130. The summed E-state index contributed by atoms with van der Waals surface area (Å²) in [5, 5.41) is 12.6. The van der Waals surface area contributed by atoms with Crippen LogP contribution in [0.5, 0.6) is 0 Å². The third-order valence-corrected chi connectivity index (χ3v) is 5.50. The van der Waals surface area contributed by atoms with E-state index in [-0.39, 0.29) is 6.10 Å². The molecular weight excluding hydrogens is 318 g/mol. The molecule has 1 aliphatic rings. The molecule has 0 radical (unpaired) electrons. The van der Waals surface area contributed by atoms with Crippen molar-refractivity contribution in [2.24, 2.45) is 0 Å². The van der Waals surface area contributed by atoms with Gasteiger partial charge in [-0.05, 0) is 31.9 Å². The number of benzene rings is 1. The van der Waals surface area contributed by atoms with E-state index in [1.165, 1.54) is 11.1 Å². The lowest BCUT2D eigenvalue weighted by atomic mass is 10.1. The zero-order chi connectivity index (χ0) is 15.4. The van der Waals surface area contributed by atoms with Crippen molar-refractivity contribution in [3.8, 4) is 0 Å². The van der Waals surface area contributed by atoms with E-state index < -0.39 is 0 Å². The molecule has 0 saturated carbocycles. The molecule has 7 heteroatoms. The van der Waals surface area contributed by atoms with Gasteiger partial charge < -0.3 is 14.8 Å². The van der Waals surface area contributed by atoms with E-state index in [2.05, 4.69) is 47.6 Å². The van der Waals surface area contributed by atoms with Gasteiger partial charge in [0.05, 0.1) is 12.7 Å². The lowest BCUT2D eigenvalue weighted by Crippen LogP contribution is -2.25. The van der Waals surface area contributed by atoms with Gasteiger partial charge in [0.1, 0.15) is 6.79 Å². The zero-order valence-corrected chi connectivity index (χ0v) is 14.3. The van der Waals surface area contributed by atoms with Gasteiger partial charge in [-0.1, -0.05) is 40.8 Å². The SMILES string of the molecule is Cc1ccc(Nc2nnc(SC[C@H]3CCOCO3)s2)c(C)c1. The minimum Gasteiger partial charge on any atom is -0.355 e. The van der Waals surface area contributed by atoms with Gasteiger partial charge in [0.25, 0.3) is 0 Å². The molecule has 0 aliphatic carbocycles. The summed E-state index contributed by atoms with van der Waals surface area (Å²) in [7, 11) is 0. The maximum Gasteiger partial charge on any atom is 0.210 e. The van der Waals surface area contributed by atoms with Crippen LogP contribution < -0.4 is 5.32 Å². The summed E-state index contributed by atoms with van der Waals surface area (Å²) in [5.74, 6) is 0.890. The fourth-order valence-corrected chi connectivity index (χ4v) is 4.04. The van der Waals surface area contributed by atoms with Gasteiger partial charge in [-0.25, -0.2) is 0 Å². The number of anilines is 2. The summed E-state index contributed by atoms with van der Waals surface area (Å²) in [5.41, 5.74) is 3.54. The van der Waals surface area contributed by atoms with Crippen LogP contribution in [0, 0.1) is 13.8 Å². The summed E-state index contributed by atoms with van der Waals surface area (Å²) >= 11 is 3.26. The standard InChI is InChI=1S/C15H19N3O2S2/c1-10-3-4-13(11(2)7-10)16-14-17-18-15(22-14)21-8-12-5-6-19-9-20-12/h3-4,7,12H,5-6,8-9H2,1-2H3,(H,16,17)/t12-/m1/s1. The van der Waals surface area contributed by atoms with E-state index in [4.69, 9.17) is 9.47 Å². The molecule has 22 heavy (non-hydrogen) atoms. The number of aromatic nitrogens is 2. The summed E-state index contributed by atoms with van der Waals surface area (Å²) < 4.78 is 11.7. The summed E-state index contributed by atoms with van der Waals surface area (Å²) in [6.07, 6.45) is 1.19. The average Bonchev–Trinajstić information content (AvgIpc) is 2.97. The van der Waals surface area contributed by atoms with E-state index in [1.807, 2.05) is 0 Å². The second-order valence-corrected chi connectivity index (χ2v) is 7.48. The Morgan fingerprint density at radius 1 is 1.36 bits per heavy atom. The van der Waals surface area contributed by atoms with Gasteiger partial charge >= 0.3 is 0 Å². The Balaban J connectivity index is 1.56. The molecule has 1 fully saturated rings. The smallest absolute Gasteiger partial charge is 0.210 e. The van der Waals surface area contributed by atoms with Gasteiger partial charge in [-0.2, -0.15) is 0 Å². The third kappa shape index (κ3) is 4.19. The van der Waals surface area contributed by atoms with Crippen LogP contribution in [0.1, 0.15) is 17.5 Å². The molecule has 2 heterocycles. The second-order valence-electron chi connectivity index (χ2n) is 5.23. The fourth-order valence-electron chi connectivity index (χ4n) is 2.18. The van der Waals surface area contributed by atoms with E-state index in [9.17, 15) is 0 Å². The molecule has 1 aliphatic heterocycles. The van der Waals surface area contributed by atoms with Gasteiger partial charge in [0, 0.05) is 11.4 Å². The molecule has 1 aromatic heterocycles. The first-order chi connectivity index (χ1) is 10.7. The summed E-state index contributed by atoms with van der Waals surface area (Å²) in [6, 6.07) is 6.32. The minimum absolute atomic E-state index is 0.249. The number of ether oxygens (including phenoxy) is 2. The predicted molar refractivity (Wildman–Crippen MR) is 90.1 cm³/mol. The zero-order valence-electron chi connectivity index (χ0n) is 12.7. The monoisotopic (exact) mass is 337 g/mol. The Morgan fingerprint density at radius 3 is 3.05 bits per heavy atom. The third-order valence-electron chi connectivity index (χ3n) is 3.39. The first-order valence-corrected chi connectivity index (χ1v) is 9.01. The highest BCUT2D eigenvalue weighted by Crippen LogP contribution is 2.30. The van der Waals surface area contributed by atoms with Crippen LogP contribution in [-0.2, 0) is 9.47 Å². The Kier molecular flexibility index (Phi) is 5.30. The van der Waals surface area contributed by atoms with Crippen LogP contribution in [0.3, 0.4) is 0 Å². The van der Waals surface area contributed by atoms with Gasteiger partial charge in [0.2, 0.25) is 5.13 Å². The molecule has 1 aromatic carbocycles. The number of nitrogens with one attached hydrogen (secondary N) is 1.